The molecule has 33 heavy (non-hydrogen) atoms. The summed E-state index contributed by atoms with van der Waals surface area (Å²) in [5.41, 5.74) is -2.56. The van der Waals surface area contributed by atoms with Crippen LogP contribution in [0.25, 0.3) is 0 Å². The molecule has 2 saturated heterocycles. The highest BCUT2D eigenvalue weighted by Gasteiger charge is 2.61. The van der Waals surface area contributed by atoms with E-state index in [0.29, 0.717) is 6.54 Å². The Balaban J connectivity index is 1.26. The predicted octanol–water partition coefficient (Wildman–Crippen LogP) is 1.96. The summed E-state index contributed by atoms with van der Waals surface area (Å²) in [6.45, 7) is 0.236. The molecule has 4 fully saturated rings. The maximum Gasteiger partial charge on any atom is 0.401 e. The molecule has 5 rings (SSSR count). The third-order valence-electron chi connectivity index (χ3n) is 8.24. The Labute approximate surface area is 186 Å². The zero-order chi connectivity index (χ0) is 23.6. The number of piperidine rings is 2. The van der Waals surface area contributed by atoms with Crippen LogP contribution in [0.5, 0.6) is 0 Å². The summed E-state index contributed by atoms with van der Waals surface area (Å²) >= 11 is 0. The van der Waals surface area contributed by atoms with Crippen molar-refractivity contribution in [3.8, 4) is 0 Å². The van der Waals surface area contributed by atoms with Crippen LogP contribution < -0.4 is 5.32 Å². The van der Waals surface area contributed by atoms with Gasteiger partial charge in [0.15, 0.2) is 5.82 Å². The van der Waals surface area contributed by atoms with Gasteiger partial charge in [0, 0.05) is 37.9 Å². The van der Waals surface area contributed by atoms with E-state index in [2.05, 4.69) is 20.7 Å². The quantitative estimate of drug-likeness (QED) is 0.645. The lowest BCUT2D eigenvalue weighted by Crippen LogP contribution is -2.62. The first kappa shape index (κ1) is 22.9. The van der Waals surface area contributed by atoms with E-state index < -0.39 is 67.2 Å². The van der Waals surface area contributed by atoms with E-state index in [0.717, 1.165) is 24.1 Å². The van der Waals surface area contributed by atoms with Crippen LogP contribution >= 0.6 is 0 Å². The number of nitrogens with one attached hydrogen (secondary N) is 1. The minimum atomic E-state index is -4.69. The first-order chi connectivity index (χ1) is 15.4. The van der Waals surface area contributed by atoms with Gasteiger partial charge >= 0.3 is 6.18 Å². The van der Waals surface area contributed by atoms with Crippen LogP contribution in [-0.2, 0) is 10.2 Å². The molecule has 13 heteroatoms. The van der Waals surface area contributed by atoms with Crippen LogP contribution in [0.4, 0.5) is 22.0 Å². The first-order valence-electron chi connectivity index (χ1n) is 11.4. The molecule has 2 atom stereocenters. The van der Waals surface area contributed by atoms with E-state index >= 15 is 0 Å². The van der Waals surface area contributed by atoms with E-state index in [4.69, 9.17) is 0 Å². The van der Waals surface area contributed by atoms with Crippen molar-refractivity contribution in [2.24, 2.45) is 5.41 Å². The fourth-order valence-electron chi connectivity index (χ4n) is 5.66. The van der Waals surface area contributed by atoms with Gasteiger partial charge in [-0.25, -0.2) is 8.78 Å². The molecule has 0 bridgehead atoms. The predicted molar refractivity (Wildman–Crippen MR) is 103 cm³/mol. The van der Waals surface area contributed by atoms with Crippen molar-refractivity contribution in [3.05, 3.63) is 5.82 Å². The number of rotatable bonds is 3. The van der Waals surface area contributed by atoms with Crippen molar-refractivity contribution < 1.29 is 31.9 Å². The van der Waals surface area contributed by atoms with Crippen molar-refractivity contribution in [3.63, 3.8) is 0 Å². The van der Waals surface area contributed by atoms with Crippen LogP contribution in [0, 0.1) is 5.41 Å². The lowest BCUT2D eigenvalue weighted by atomic mass is 9.62. The third kappa shape index (κ3) is 3.71. The number of carbonyl (C=O) groups is 1. The van der Waals surface area contributed by atoms with E-state index in [1.54, 1.807) is 0 Å². The molecule has 1 amide bonds. The summed E-state index contributed by atoms with van der Waals surface area (Å²) in [6.07, 6.45) is -4.09. The Kier molecular flexibility index (Phi) is 5.24. The van der Waals surface area contributed by atoms with Gasteiger partial charge in [-0.3, -0.25) is 4.79 Å². The van der Waals surface area contributed by atoms with E-state index in [1.165, 1.54) is 4.90 Å². The number of carbonyl (C=O) groups excluding carboxylic acids is 1. The number of hydrogen-bond donors (Lipinski definition) is 2. The Morgan fingerprint density at radius 2 is 1.79 bits per heavy atom. The van der Waals surface area contributed by atoms with Gasteiger partial charge in [0.1, 0.15) is 5.41 Å². The number of alkyl halides is 5. The second kappa shape index (κ2) is 7.56. The number of tetrazole rings is 1. The van der Waals surface area contributed by atoms with Gasteiger partial charge in [-0.1, -0.05) is 6.42 Å². The molecular formula is C20H27F5N6O2. The minimum Gasteiger partial charge on any atom is -0.392 e. The SMILES string of the molecule is O=C([C@@H]1C[C@@H](O)C2(CCC2)CN1)N1CCC(c2nnn(C3CC(F)(F)C3)n2)(C(F)(F)F)CC1. The molecule has 2 saturated carbocycles. The average Bonchev–Trinajstić information content (AvgIpc) is 3.19. The second-order valence-corrected chi connectivity index (χ2v) is 10.2. The van der Waals surface area contributed by atoms with Crippen LogP contribution in [-0.4, -0.2) is 80.0 Å². The number of halogens is 5. The number of aliphatic hydroxyl groups is 1. The summed E-state index contributed by atoms with van der Waals surface area (Å²) in [6, 6.07) is -1.39. The highest BCUT2D eigenvalue weighted by molar-refractivity contribution is 5.82. The van der Waals surface area contributed by atoms with Crippen molar-refractivity contribution in [2.75, 3.05) is 19.6 Å². The number of nitrogens with zero attached hydrogens (tertiary/aromatic N) is 5. The van der Waals surface area contributed by atoms with E-state index in [-0.39, 0.29) is 30.8 Å². The zero-order valence-corrected chi connectivity index (χ0v) is 18.0. The van der Waals surface area contributed by atoms with Crippen molar-refractivity contribution >= 4 is 5.91 Å². The van der Waals surface area contributed by atoms with Crippen LogP contribution in [0.3, 0.4) is 0 Å². The maximum atomic E-state index is 14.2. The van der Waals surface area contributed by atoms with Gasteiger partial charge in [0.25, 0.3) is 5.92 Å². The van der Waals surface area contributed by atoms with Crippen LogP contribution in [0.1, 0.15) is 63.2 Å². The molecule has 4 aliphatic rings. The first-order valence-corrected chi connectivity index (χ1v) is 11.4. The Hall–Kier alpha value is -1.89. The lowest BCUT2D eigenvalue weighted by molar-refractivity contribution is -0.206. The molecule has 0 unspecified atom stereocenters. The van der Waals surface area contributed by atoms with Gasteiger partial charge in [-0.15, -0.1) is 10.2 Å². The van der Waals surface area contributed by atoms with E-state index in [1.807, 2.05) is 0 Å². The zero-order valence-electron chi connectivity index (χ0n) is 18.0. The Morgan fingerprint density at radius 3 is 2.30 bits per heavy atom. The lowest BCUT2D eigenvalue weighted by Gasteiger charge is -2.51. The van der Waals surface area contributed by atoms with Crippen molar-refractivity contribution in [1.29, 1.82) is 0 Å². The summed E-state index contributed by atoms with van der Waals surface area (Å²) in [7, 11) is 0. The highest BCUT2D eigenvalue weighted by Crippen LogP contribution is 2.49. The number of amides is 1. The Bertz CT molecular complexity index is 901. The summed E-state index contributed by atoms with van der Waals surface area (Å²) < 4.78 is 68.8. The standard InChI is InChI=1S/C20H27F5N6O2/c21-19(22)9-12(10-19)31-28-16(27-29-31)18(20(23,24)25)4-6-30(7-5-18)15(33)13-8-14(32)17(11-26-13)2-1-3-17/h12-14,26,32H,1-11H2/t13-,14+/m0/s1. The summed E-state index contributed by atoms with van der Waals surface area (Å²) in [5, 5.41) is 24.8. The number of hydrogen-bond acceptors (Lipinski definition) is 6. The smallest absolute Gasteiger partial charge is 0.392 e. The minimum absolute atomic E-state index is 0.145. The molecule has 1 spiro atoms. The largest absolute Gasteiger partial charge is 0.401 e. The summed E-state index contributed by atoms with van der Waals surface area (Å²) in [5.74, 6) is -3.70. The van der Waals surface area contributed by atoms with Gasteiger partial charge in [-0.05, 0) is 37.3 Å². The van der Waals surface area contributed by atoms with Gasteiger partial charge in [0.05, 0.1) is 18.2 Å². The Morgan fingerprint density at radius 1 is 1.12 bits per heavy atom. The van der Waals surface area contributed by atoms with Gasteiger partial charge in [0.2, 0.25) is 5.91 Å². The monoisotopic (exact) mass is 478 g/mol. The molecule has 1 aromatic rings. The number of aromatic nitrogens is 4. The molecule has 0 radical (unpaired) electrons. The molecule has 1 aromatic heterocycles. The van der Waals surface area contributed by atoms with Crippen LogP contribution in [0.15, 0.2) is 0 Å². The highest BCUT2D eigenvalue weighted by atomic mass is 19.4. The topological polar surface area (TPSA) is 96.2 Å². The average molecular weight is 478 g/mol. The maximum absolute atomic E-state index is 14.2. The molecule has 8 nitrogen and oxygen atoms in total. The molecule has 0 aromatic carbocycles. The fourth-order valence-corrected chi connectivity index (χ4v) is 5.66. The number of likely N-dealkylation sites (tertiary alicyclic amines) is 1. The van der Waals surface area contributed by atoms with Crippen molar-refractivity contribution in [2.45, 2.75) is 87.1 Å². The summed E-state index contributed by atoms with van der Waals surface area (Å²) in [4.78, 5) is 15.2. The number of aliphatic hydroxyl groups excluding tert-OH is 1. The molecule has 184 valence electrons. The van der Waals surface area contributed by atoms with Gasteiger partial charge < -0.3 is 15.3 Å². The van der Waals surface area contributed by atoms with Gasteiger partial charge in [-0.2, -0.15) is 18.0 Å². The van der Waals surface area contributed by atoms with Crippen LogP contribution in [0.2, 0.25) is 0 Å². The molecule has 2 aliphatic carbocycles. The second-order valence-electron chi connectivity index (χ2n) is 10.2. The van der Waals surface area contributed by atoms with Crippen molar-refractivity contribution in [1.82, 2.24) is 30.4 Å². The molecule has 2 N–H and O–H groups in total. The molecule has 2 aliphatic heterocycles. The normalized spacial score (nSPS) is 31.2. The van der Waals surface area contributed by atoms with E-state index in [9.17, 15) is 31.9 Å². The third-order valence-corrected chi connectivity index (χ3v) is 8.24. The molecular weight excluding hydrogens is 451 g/mol. The molecule has 3 heterocycles. The fraction of sp³-hybridized carbons (Fsp3) is 0.900.